The molecule has 2 aromatic rings. The smallest absolute Gasteiger partial charge is 0.123 e. The Balaban J connectivity index is 1.89. The summed E-state index contributed by atoms with van der Waals surface area (Å²) in [5.41, 5.74) is 3.32. The highest BCUT2D eigenvalue weighted by Crippen LogP contribution is 2.18. The molecule has 2 rings (SSSR count). The third-order valence-corrected chi connectivity index (χ3v) is 3.30. The van der Waals surface area contributed by atoms with E-state index in [9.17, 15) is 4.39 Å². The summed E-state index contributed by atoms with van der Waals surface area (Å²) in [4.78, 5) is 0. The minimum atomic E-state index is -0.181. The maximum absolute atomic E-state index is 13.0. The number of halogens is 1. The highest BCUT2D eigenvalue weighted by Gasteiger charge is 2.05. The lowest BCUT2D eigenvalue weighted by Crippen LogP contribution is -2.16. The molecule has 0 heterocycles. The van der Waals surface area contributed by atoms with E-state index in [0.717, 1.165) is 24.1 Å². The Morgan fingerprint density at radius 2 is 1.84 bits per heavy atom. The van der Waals surface area contributed by atoms with Gasteiger partial charge < -0.3 is 5.32 Å². The van der Waals surface area contributed by atoms with E-state index in [1.54, 1.807) is 6.07 Å². The predicted octanol–water partition coefficient (Wildman–Crippen LogP) is 4.57. The Bertz CT molecular complexity index is 522. The van der Waals surface area contributed by atoms with Crippen LogP contribution in [0.3, 0.4) is 0 Å². The highest BCUT2D eigenvalue weighted by molar-refractivity contribution is 5.51. The molecule has 0 fully saturated rings. The van der Waals surface area contributed by atoms with Gasteiger partial charge in [0.15, 0.2) is 0 Å². The number of anilines is 1. The first-order chi connectivity index (χ1) is 9.15. The van der Waals surface area contributed by atoms with E-state index >= 15 is 0 Å². The number of hydrogen-bond acceptors (Lipinski definition) is 1. The minimum Gasteiger partial charge on any atom is -0.382 e. The van der Waals surface area contributed by atoms with Gasteiger partial charge in [0, 0.05) is 11.7 Å². The molecule has 1 unspecified atom stereocenters. The summed E-state index contributed by atoms with van der Waals surface area (Å²) in [6.45, 7) is 4.08. The second kappa shape index (κ2) is 6.37. The fourth-order valence-corrected chi connectivity index (χ4v) is 2.15. The standard InChI is InChI=1S/C17H20FN/c1-13-12-16(18)10-11-17(13)19-14(2)8-9-15-6-4-3-5-7-15/h3-7,10-12,14,19H,8-9H2,1-2H3. The molecular weight excluding hydrogens is 237 g/mol. The van der Waals surface area contributed by atoms with Crippen LogP contribution in [-0.4, -0.2) is 6.04 Å². The van der Waals surface area contributed by atoms with Gasteiger partial charge in [-0.1, -0.05) is 30.3 Å². The van der Waals surface area contributed by atoms with E-state index in [2.05, 4.69) is 36.5 Å². The van der Waals surface area contributed by atoms with E-state index in [-0.39, 0.29) is 5.82 Å². The predicted molar refractivity (Wildman–Crippen MR) is 79.0 cm³/mol. The van der Waals surface area contributed by atoms with E-state index in [1.807, 2.05) is 19.1 Å². The molecule has 0 aliphatic rings. The fourth-order valence-electron chi connectivity index (χ4n) is 2.15. The van der Waals surface area contributed by atoms with Gasteiger partial charge in [-0.15, -0.1) is 0 Å². The van der Waals surface area contributed by atoms with Crippen molar-refractivity contribution in [3.05, 3.63) is 65.5 Å². The van der Waals surface area contributed by atoms with E-state index in [4.69, 9.17) is 0 Å². The van der Waals surface area contributed by atoms with Gasteiger partial charge in [0.25, 0.3) is 0 Å². The first-order valence-corrected chi connectivity index (χ1v) is 6.72. The Morgan fingerprint density at radius 1 is 1.11 bits per heavy atom. The summed E-state index contributed by atoms with van der Waals surface area (Å²) >= 11 is 0. The zero-order valence-corrected chi connectivity index (χ0v) is 11.5. The van der Waals surface area contributed by atoms with Crippen LogP contribution in [0.5, 0.6) is 0 Å². The molecule has 1 atom stereocenters. The lowest BCUT2D eigenvalue weighted by molar-refractivity contribution is 0.626. The van der Waals surface area contributed by atoms with Crippen molar-refractivity contribution >= 4 is 5.69 Å². The lowest BCUT2D eigenvalue weighted by Gasteiger charge is -2.17. The molecule has 2 heteroatoms. The normalized spacial score (nSPS) is 12.2. The molecule has 0 bridgehead atoms. The third-order valence-electron chi connectivity index (χ3n) is 3.30. The number of aryl methyl sites for hydroxylation is 2. The van der Waals surface area contributed by atoms with Crippen LogP contribution >= 0.6 is 0 Å². The Morgan fingerprint density at radius 3 is 2.53 bits per heavy atom. The average Bonchev–Trinajstić information content (AvgIpc) is 2.41. The van der Waals surface area contributed by atoms with Crippen molar-refractivity contribution in [2.75, 3.05) is 5.32 Å². The van der Waals surface area contributed by atoms with Crippen molar-refractivity contribution in [1.82, 2.24) is 0 Å². The lowest BCUT2D eigenvalue weighted by atomic mass is 10.1. The molecule has 19 heavy (non-hydrogen) atoms. The van der Waals surface area contributed by atoms with Gasteiger partial charge in [-0.05, 0) is 56.0 Å². The Hall–Kier alpha value is -1.83. The molecule has 1 nitrogen and oxygen atoms in total. The van der Waals surface area contributed by atoms with Crippen molar-refractivity contribution < 1.29 is 4.39 Å². The summed E-state index contributed by atoms with van der Waals surface area (Å²) < 4.78 is 13.0. The van der Waals surface area contributed by atoms with Crippen LogP contribution in [0.25, 0.3) is 0 Å². The van der Waals surface area contributed by atoms with E-state index < -0.39 is 0 Å². The van der Waals surface area contributed by atoms with Gasteiger partial charge in [0.1, 0.15) is 5.82 Å². The van der Waals surface area contributed by atoms with E-state index in [1.165, 1.54) is 11.6 Å². The summed E-state index contributed by atoms with van der Waals surface area (Å²) in [6.07, 6.45) is 2.11. The summed E-state index contributed by atoms with van der Waals surface area (Å²) in [7, 11) is 0. The largest absolute Gasteiger partial charge is 0.382 e. The van der Waals surface area contributed by atoms with Crippen LogP contribution in [-0.2, 0) is 6.42 Å². The molecule has 0 aliphatic carbocycles. The van der Waals surface area contributed by atoms with Gasteiger partial charge in [0.05, 0.1) is 0 Å². The maximum atomic E-state index is 13.0. The number of nitrogens with one attached hydrogen (secondary N) is 1. The first-order valence-electron chi connectivity index (χ1n) is 6.72. The molecule has 0 aliphatic heterocycles. The topological polar surface area (TPSA) is 12.0 Å². The second-order valence-electron chi connectivity index (χ2n) is 5.03. The van der Waals surface area contributed by atoms with Crippen LogP contribution in [0, 0.1) is 12.7 Å². The van der Waals surface area contributed by atoms with Crippen LogP contribution in [0.15, 0.2) is 48.5 Å². The molecule has 1 N–H and O–H groups in total. The van der Waals surface area contributed by atoms with Crippen LogP contribution in [0.1, 0.15) is 24.5 Å². The molecule has 0 amide bonds. The van der Waals surface area contributed by atoms with Crippen molar-refractivity contribution in [2.24, 2.45) is 0 Å². The summed E-state index contributed by atoms with van der Waals surface area (Å²) in [5, 5.41) is 3.44. The molecular formula is C17H20FN. The zero-order chi connectivity index (χ0) is 13.7. The fraction of sp³-hybridized carbons (Fsp3) is 0.294. The molecule has 0 radical (unpaired) electrons. The second-order valence-corrected chi connectivity index (χ2v) is 5.03. The quantitative estimate of drug-likeness (QED) is 0.827. The SMILES string of the molecule is Cc1cc(F)ccc1NC(C)CCc1ccccc1. The van der Waals surface area contributed by atoms with Gasteiger partial charge in [-0.3, -0.25) is 0 Å². The first kappa shape index (κ1) is 13.6. The summed E-state index contributed by atoms with van der Waals surface area (Å²) in [6, 6.07) is 15.7. The van der Waals surface area contributed by atoms with Gasteiger partial charge in [0.2, 0.25) is 0 Å². The van der Waals surface area contributed by atoms with E-state index in [0.29, 0.717) is 6.04 Å². The molecule has 100 valence electrons. The number of benzene rings is 2. The minimum absolute atomic E-state index is 0.181. The number of hydrogen-bond donors (Lipinski definition) is 1. The van der Waals surface area contributed by atoms with Crippen molar-refractivity contribution in [3.63, 3.8) is 0 Å². The van der Waals surface area contributed by atoms with Gasteiger partial charge >= 0.3 is 0 Å². The molecule has 0 saturated carbocycles. The number of rotatable bonds is 5. The summed E-state index contributed by atoms with van der Waals surface area (Å²) in [5.74, 6) is -0.181. The van der Waals surface area contributed by atoms with Crippen LogP contribution in [0.2, 0.25) is 0 Å². The van der Waals surface area contributed by atoms with Crippen LogP contribution < -0.4 is 5.32 Å². The monoisotopic (exact) mass is 257 g/mol. The zero-order valence-electron chi connectivity index (χ0n) is 11.5. The van der Waals surface area contributed by atoms with Gasteiger partial charge in [-0.2, -0.15) is 0 Å². The van der Waals surface area contributed by atoms with Gasteiger partial charge in [-0.25, -0.2) is 4.39 Å². The third kappa shape index (κ3) is 4.09. The van der Waals surface area contributed by atoms with Crippen molar-refractivity contribution in [2.45, 2.75) is 32.7 Å². The molecule has 2 aromatic carbocycles. The molecule has 0 saturated heterocycles. The Labute approximate surface area is 114 Å². The van der Waals surface area contributed by atoms with Crippen molar-refractivity contribution in [1.29, 1.82) is 0 Å². The molecule has 0 aromatic heterocycles. The van der Waals surface area contributed by atoms with Crippen molar-refractivity contribution in [3.8, 4) is 0 Å². The van der Waals surface area contributed by atoms with Crippen LogP contribution in [0.4, 0.5) is 10.1 Å². The Kier molecular flexibility index (Phi) is 4.56. The average molecular weight is 257 g/mol. The molecule has 0 spiro atoms. The maximum Gasteiger partial charge on any atom is 0.123 e. The highest BCUT2D eigenvalue weighted by atomic mass is 19.1.